The minimum atomic E-state index is 0.102. The van der Waals surface area contributed by atoms with Gasteiger partial charge in [-0.3, -0.25) is 0 Å². The maximum absolute atomic E-state index is 6.06. The smallest absolute Gasteiger partial charge is 0.119 e. The number of nitrogens with zero attached hydrogens (tertiary/aromatic N) is 2. The minimum Gasteiger partial charge on any atom is -0.493 e. The van der Waals surface area contributed by atoms with E-state index in [1.165, 1.54) is 17.1 Å². The Kier molecular flexibility index (Phi) is 6.58. The standard InChI is InChI=1S/C22H26N2O2S/c1-22(2,3)19(15-25-14-17-7-5-4-6-8-17)16-26-20-11-9-18(10-12-20)21-13-23-24-27-21/h4-13,19H,14-16H2,1-3H3. The van der Waals surface area contributed by atoms with Gasteiger partial charge in [-0.25, -0.2) is 0 Å². The van der Waals surface area contributed by atoms with Gasteiger partial charge in [-0.2, -0.15) is 0 Å². The van der Waals surface area contributed by atoms with Crippen LogP contribution in [-0.4, -0.2) is 22.8 Å². The molecule has 1 aromatic heterocycles. The Balaban J connectivity index is 1.53. The van der Waals surface area contributed by atoms with Gasteiger partial charge in [-0.05, 0) is 52.3 Å². The largest absolute Gasteiger partial charge is 0.493 e. The van der Waals surface area contributed by atoms with Crippen molar-refractivity contribution in [3.05, 3.63) is 66.4 Å². The third-order valence-corrected chi connectivity index (χ3v) is 5.32. The van der Waals surface area contributed by atoms with Crippen LogP contribution in [-0.2, 0) is 11.3 Å². The van der Waals surface area contributed by atoms with Crippen molar-refractivity contribution in [2.24, 2.45) is 11.3 Å². The number of hydrogen-bond donors (Lipinski definition) is 0. The summed E-state index contributed by atoms with van der Waals surface area (Å²) in [5, 5.41) is 3.88. The van der Waals surface area contributed by atoms with Crippen LogP contribution in [0.2, 0.25) is 0 Å². The van der Waals surface area contributed by atoms with Crippen molar-refractivity contribution in [1.29, 1.82) is 0 Å². The van der Waals surface area contributed by atoms with E-state index < -0.39 is 0 Å². The lowest BCUT2D eigenvalue weighted by Gasteiger charge is -2.30. The number of aromatic nitrogens is 2. The molecule has 0 amide bonds. The minimum absolute atomic E-state index is 0.102. The molecule has 142 valence electrons. The summed E-state index contributed by atoms with van der Waals surface area (Å²) in [6.45, 7) is 8.61. The summed E-state index contributed by atoms with van der Waals surface area (Å²) in [4.78, 5) is 1.06. The zero-order chi connectivity index (χ0) is 19.1. The summed E-state index contributed by atoms with van der Waals surface area (Å²) in [5.41, 5.74) is 2.40. The van der Waals surface area contributed by atoms with Gasteiger partial charge in [-0.15, -0.1) is 5.10 Å². The second-order valence-electron chi connectivity index (χ2n) is 7.68. The molecule has 1 atom stereocenters. The van der Waals surface area contributed by atoms with Crippen LogP contribution in [0.15, 0.2) is 60.8 Å². The molecule has 0 aliphatic rings. The summed E-state index contributed by atoms with van der Waals surface area (Å²) >= 11 is 1.39. The second-order valence-corrected chi connectivity index (χ2v) is 8.47. The van der Waals surface area contributed by atoms with Crippen molar-refractivity contribution in [3.63, 3.8) is 0 Å². The highest BCUT2D eigenvalue weighted by Gasteiger charge is 2.25. The van der Waals surface area contributed by atoms with E-state index in [0.717, 1.165) is 16.2 Å². The fraction of sp³-hybridized carbons (Fsp3) is 0.364. The van der Waals surface area contributed by atoms with Gasteiger partial charge in [-0.1, -0.05) is 55.6 Å². The number of ether oxygens (including phenoxy) is 2. The Morgan fingerprint density at radius 1 is 0.963 bits per heavy atom. The van der Waals surface area contributed by atoms with Crippen molar-refractivity contribution in [1.82, 2.24) is 9.59 Å². The molecule has 2 aromatic carbocycles. The molecule has 27 heavy (non-hydrogen) atoms. The van der Waals surface area contributed by atoms with Crippen molar-refractivity contribution < 1.29 is 9.47 Å². The Morgan fingerprint density at radius 3 is 2.33 bits per heavy atom. The topological polar surface area (TPSA) is 44.2 Å². The molecule has 0 aliphatic carbocycles. The lowest BCUT2D eigenvalue weighted by atomic mass is 9.82. The molecular weight excluding hydrogens is 356 g/mol. The molecule has 5 heteroatoms. The number of benzene rings is 2. The van der Waals surface area contributed by atoms with Gasteiger partial charge in [0.05, 0.1) is 30.9 Å². The summed E-state index contributed by atoms with van der Waals surface area (Å²) < 4.78 is 15.9. The molecule has 3 aromatic rings. The van der Waals surface area contributed by atoms with E-state index in [2.05, 4.69) is 42.5 Å². The van der Waals surface area contributed by atoms with Crippen LogP contribution < -0.4 is 4.74 Å². The van der Waals surface area contributed by atoms with Crippen molar-refractivity contribution in [2.45, 2.75) is 27.4 Å². The monoisotopic (exact) mass is 382 g/mol. The highest BCUT2D eigenvalue weighted by Crippen LogP contribution is 2.29. The predicted molar refractivity (Wildman–Crippen MR) is 110 cm³/mol. The van der Waals surface area contributed by atoms with E-state index in [1.807, 2.05) is 42.5 Å². The molecular formula is C22H26N2O2S. The van der Waals surface area contributed by atoms with Gasteiger partial charge in [0.25, 0.3) is 0 Å². The maximum Gasteiger partial charge on any atom is 0.119 e. The number of rotatable bonds is 8. The lowest BCUT2D eigenvalue weighted by Crippen LogP contribution is -2.30. The van der Waals surface area contributed by atoms with Crippen molar-refractivity contribution in [3.8, 4) is 16.2 Å². The zero-order valence-electron chi connectivity index (χ0n) is 16.1. The molecule has 0 aliphatic heterocycles. The van der Waals surface area contributed by atoms with Crippen LogP contribution in [0.25, 0.3) is 10.4 Å². The normalized spacial score (nSPS) is 12.7. The van der Waals surface area contributed by atoms with Gasteiger partial charge in [0.2, 0.25) is 0 Å². The zero-order valence-corrected chi connectivity index (χ0v) is 16.9. The Morgan fingerprint density at radius 2 is 1.70 bits per heavy atom. The first-order chi connectivity index (χ1) is 13.0. The van der Waals surface area contributed by atoms with Crippen molar-refractivity contribution in [2.75, 3.05) is 13.2 Å². The quantitative estimate of drug-likeness (QED) is 0.519. The lowest BCUT2D eigenvalue weighted by molar-refractivity contribution is 0.0222. The Hall–Kier alpha value is -2.24. The Bertz CT molecular complexity index is 797. The molecule has 0 spiro atoms. The van der Waals surface area contributed by atoms with E-state index in [1.54, 1.807) is 6.20 Å². The molecule has 0 saturated carbocycles. The molecule has 0 saturated heterocycles. The van der Waals surface area contributed by atoms with Crippen LogP contribution in [0.4, 0.5) is 0 Å². The number of hydrogen-bond acceptors (Lipinski definition) is 5. The fourth-order valence-corrected chi connectivity index (χ4v) is 3.17. The molecule has 4 nitrogen and oxygen atoms in total. The van der Waals surface area contributed by atoms with Crippen LogP contribution in [0.5, 0.6) is 5.75 Å². The Labute approximate surface area is 165 Å². The van der Waals surface area contributed by atoms with E-state index in [4.69, 9.17) is 9.47 Å². The molecule has 0 radical (unpaired) electrons. The van der Waals surface area contributed by atoms with Gasteiger partial charge in [0, 0.05) is 5.92 Å². The van der Waals surface area contributed by atoms with Crippen molar-refractivity contribution >= 4 is 11.5 Å². The maximum atomic E-state index is 6.06. The summed E-state index contributed by atoms with van der Waals surface area (Å²) in [6, 6.07) is 18.4. The SMILES string of the molecule is CC(C)(C)C(COCc1ccccc1)COc1ccc(-c2cnns2)cc1. The summed E-state index contributed by atoms with van der Waals surface area (Å²) in [6.07, 6.45) is 1.78. The van der Waals surface area contributed by atoms with Gasteiger partial charge < -0.3 is 9.47 Å². The van der Waals surface area contributed by atoms with Gasteiger partial charge in [0.1, 0.15) is 5.75 Å². The predicted octanol–water partition coefficient (Wildman–Crippen LogP) is 5.46. The molecule has 0 bridgehead atoms. The molecule has 0 N–H and O–H groups in total. The first-order valence-electron chi connectivity index (χ1n) is 9.14. The van der Waals surface area contributed by atoms with Crippen LogP contribution in [0.1, 0.15) is 26.3 Å². The third kappa shape index (κ3) is 5.88. The third-order valence-electron chi connectivity index (χ3n) is 4.61. The summed E-state index contributed by atoms with van der Waals surface area (Å²) in [7, 11) is 0. The van der Waals surface area contributed by atoms with E-state index in [9.17, 15) is 0 Å². The second kappa shape index (κ2) is 9.11. The molecule has 0 fully saturated rings. The van der Waals surface area contributed by atoms with E-state index >= 15 is 0 Å². The van der Waals surface area contributed by atoms with E-state index in [-0.39, 0.29) is 5.41 Å². The molecule has 3 rings (SSSR count). The molecule has 1 unspecified atom stereocenters. The van der Waals surface area contributed by atoms with Gasteiger partial charge >= 0.3 is 0 Å². The summed E-state index contributed by atoms with van der Waals surface area (Å²) in [5.74, 6) is 1.17. The highest BCUT2D eigenvalue weighted by molar-refractivity contribution is 7.09. The average Bonchev–Trinajstić information content (AvgIpc) is 3.19. The van der Waals surface area contributed by atoms with Crippen LogP contribution in [0.3, 0.4) is 0 Å². The fourth-order valence-electron chi connectivity index (χ4n) is 2.65. The molecule has 1 heterocycles. The highest BCUT2D eigenvalue weighted by atomic mass is 32.1. The van der Waals surface area contributed by atoms with Crippen LogP contribution in [0, 0.1) is 11.3 Å². The van der Waals surface area contributed by atoms with E-state index in [0.29, 0.717) is 25.7 Å². The van der Waals surface area contributed by atoms with Crippen LogP contribution >= 0.6 is 11.5 Å². The first kappa shape index (κ1) is 19.5. The van der Waals surface area contributed by atoms with Gasteiger partial charge in [0.15, 0.2) is 0 Å². The first-order valence-corrected chi connectivity index (χ1v) is 9.92. The average molecular weight is 383 g/mol.